The molecule has 2 aromatic rings. The SMILES string of the molecule is Cl.NCCCOC1CCN(C(=O)Cc2ccc(-n3cnnn3)cc2)CC1. The van der Waals surface area contributed by atoms with Crippen molar-refractivity contribution in [3.8, 4) is 5.69 Å². The van der Waals surface area contributed by atoms with Crippen LogP contribution in [-0.4, -0.2) is 63.4 Å². The van der Waals surface area contributed by atoms with E-state index in [2.05, 4.69) is 15.5 Å². The fourth-order valence-corrected chi connectivity index (χ4v) is 2.94. The summed E-state index contributed by atoms with van der Waals surface area (Å²) in [5.74, 6) is 0.163. The van der Waals surface area contributed by atoms with E-state index in [-0.39, 0.29) is 24.4 Å². The van der Waals surface area contributed by atoms with Gasteiger partial charge in [0, 0.05) is 19.7 Å². The molecule has 1 saturated heterocycles. The zero-order valence-electron chi connectivity index (χ0n) is 14.7. The Morgan fingerprint density at radius 1 is 1.23 bits per heavy atom. The Bertz CT molecular complexity index is 656. The van der Waals surface area contributed by atoms with Gasteiger partial charge in [0.25, 0.3) is 0 Å². The zero-order valence-corrected chi connectivity index (χ0v) is 15.5. The topological polar surface area (TPSA) is 99.2 Å². The van der Waals surface area contributed by atoms with E-state index in [1.807, 2.05) is 29.2 Å². The molecule has 0 radical (unpaired) electrons. The third-order valence-electron chi connectivity index (χ3n) is 4.40. The number of rotatable bonds is 7. The molecule has 142 valence electrons. The number of carbonyl (C=O) groups is 1. The number of tetrazole rings is 1. The van der Waals surface area contributed by atoms with Crippen molar-refractivity contribution in [1.82, 2.24) is 25.1 Å². The van der Waals surface area contributed by atoms with Gasteiger partial charge in [-0.3, -0.25) is 4.79 Å². The van der Waals surface area contributed by atoms with Crippen LogP contribution in [0.15, 0.2) is 30.6 Å². The number of piperidine rings is 1. The van der Waals surface area contributed by atoms with Crippen molar-refractivity contribution in [1.29, 1.82) is 0 Å². The highest BCUT2D eigenvalue weighted by Crippen LogP contribution is 2.16. The third kappa shape index (κ3) is 5.48. The number of halogens is 1. The summed E-state index contributed by atoms with van der Waals surface area (Å²) < 4.78 is 7.37. The number of benzene rings is 1. The average molecular weight is 381 g/mol. The molecule has 0 atom stereocenters. The molecule has 0 unspecified atom stereocenters. The van der Waals surface area contributed by atoms with E-state index < -0.39 is 0 Å². The van der Waals surface area contributed by atoms with Gasteiger partial charge in [0.1, 0.15) is 6.33 Å². The maximum absolute atomic E-state index is 12.5. The monoisotopic (exact) mass is 380 g/mol. The molecule has 1 aliphatic rings. The minimum atomic E-state index is 0. The second-order valence-corrected chi connectivity index (χ2v) is 6.19. The van der Waals surface area contributed by atoms with E-state index in [9.17, 15) is 4.79 Å². The number of amides is 1. The summed E-state index contributed by atoms with van der Waals surface area (Å²) in [7, 11) is 0. The number of ether oxygens (including phenoxy) is 1. The molecule has 8 nitrogen and oxygen atoms in total. The highest BCUT2D eigenvalue weighted by Gasteiger charge is 2.23. The number of likely N-dealkylation sites (tertiary alicyclic amines) is 1. The van der Waals surface area contributed by atoms with Crippen molar-refractivity contribution in [3.05, 3.63) is 36.2 Å². The highest BCUT2D eigenvalue weighted by molar-refractivity contribution is 5.85. The molecule has 1 aromatic carbocycles. The summed E-state index contributed by atoms with van der Waals surface area (Å²) in [6.45, 7) is 2.88. The molecule has 2 heterocycles. The summed E-state index contributed by atoms with van der Waals surface area (Å²) in [6.07, 6.45) is 4.89. The molecule has 1 aliphatic heterocycles. The van der Waals surface area contributed by atoms with Crippen LogP contribution in [0.4, 0.5) is 0 Å². The van der Waals surface area contributed by atoms with Crippen molar-refractivity contribution in [3.63, 3.8) is 0 Å². The van der Waals surface area contributed by atoms with E-state index in [0.717, 1.165) is 43.6 Å². The Labute approximate surface area is 159 Å². The van der Waals surface area contributed by atoms with Gasteiger partial charge in [-0.05, 0) is 53.9 Å². The Hall–Kier alpha value is -2.03. The van der Waals surface area contributed by atoms with Gasteiger partial charge in [-0.15, -0.1) is 17.5 Å². The minimum absolute atomic E-state index is 0. The Kier molecular flexibility index (Phi) is 7.96. The lowest BCUT2D eigenvalue weighted by atomic mass is 10.1. The standard InChI is InChI=1S/C17H24N6O2.ClH/c18-8-1-11-25-16-6-9-22(10-7-16)17(24)12-14-2-4-15(5-3-14)23-13-19-20-21-23;/h2-5,13,16H,1,6-12,18H2;1H. The lowest BCUT2D eigenvalue weighted by Crippen LogP contribution is -2.41. The number of aromatic nitrogens is 4. The first-order valence-electron chi connectivity index (χ1n) is 8.68. The molecule has 0 bridgehead atoms. The van der Waals surface area contributed by atoms with Crippen molar-refractivity contribution < 1.29 is 9.53 Å². The van der Waals surface area contributed by atoms with E-state index in [1.54, 1.807) is 11.0 Å². The molecular formula is C17H25ClN6O2. The number of hydrogen-bond donors (Lipinski definition) is 1. The van der Waals surface area contributed by atoms with E-state index in [4.69, 9.17) is 10.5 Å². The Morgan fingerprint density at radius 3 is 2.58 bits per heavy atom. The number of hydrogen-bond acceptors (Lipinski definition) is 6. The molecule has 1 amide bonds. The highest BCUT2D eigenvalue weighted by atomic mass is 35.5. The molecule has 1 aromatic heterocycles. The maximum atomic E-state index is 12.5. The summed E-state index contributed by atoms with van der Waals surface area (Å²) >= 11 is 0. The zero-order chi connectivity index (χ0) is 17.5. The molecular weight excluding hydrogens is 356 g/mol. The van der Waals surface area contributed by atoms with Crippen molar-refractivity contribution >= 4 is 18.3 Å². The van der Waals surface area contributed by atoms with Crippen LogP contribution in [0.1, 0.15) is 24.8 Å². The van der Waals surface area contributed by atoms with Crippen molar-refractivity contribution in [2.75, 3.05) is 26.2 Å². The number of carbonyl (C=O) groups excluding carboxylic acids is 1. The van der Waals surface area contributed by atoms with Crippen LogP contribution in [0.25, 0.3) is 5.69 Å². The van der Waals surface area contributed by atoms with Crippen LogP contribution in [0.2, 0.25) is 0 Å². The van der Waals surface area contributed by atoms with Gasteiger partial charge in [-0.2, -0.15) is 0 Å². The number of nitrogens with zero attached hydrogens (tertiary/aromatic N) is 5. The smallest absolute Gasteiger partial charge is 0.226 e. The molecule has 9 heteroatoms. The van der Waals surface area contributed by atoms with Crippen LogP contribution in [0, 0.1) is 0 Å². The van der Waals surface area contributed by atoms with Gasteiger partial charge in [-0.25, -0.2) is 4.68 Å². The largest absolute Gasteiger partial charge is 0.378 e. The van der Waals surface area contributed by atoms with Gasteiger partial charge in [0.15, 0.2) is 0 Å². The lowest BCUT2D eigenvalue weighted by molar-refractivity contribution is -0.133. The first-order chi connectivity index (χ1) is 12.3. The molecule has 1 fully saturated rings. The minimum Gasteiger partial charge on any atom is -0.378 e. The van der Waals surface area contributed by atoms with Crippen LogP contribution < -0.4 is 5.73 Å². The summed E-state index contributed by atoms with van der Waals surface area (Å²) in [6, 6.07) is 7.71. The van der Waals surface area contributed by atoms with Crippen molar-refractivity contribution in [2.24, 2.45) is 5.73 Å². The Morgan fingerprint density at radius 2 is 1.96 bits per heavy atom. The van der Waals surface area contributed by atoms with Crippen LogP contribution in [0.5, 0.6) is 0 Å². The lowest BCUT2D eigenvalue weighted by Gasteiger charge is -2.32. The van der Waals surface area contributed by atoms with Crippen LogP contribution >= 0.6 is 12.4 Å². The molecule has 2 N–H and O–H groups in total. The van der Waals surface area contributed by atoms with E-state index in [1.165, 1.54) is 0 Å². The summed E-state index contributed by atoms with van der Waals surface area (Å²) in [4.78, 5) is 14.4. The van der Waals surface area contributed by atoms with E-state index in [0.29, 0.717) is 19.6 Å². The van der Waals surface area contributed by atoms with Crippen molar-refractivity contribution in [2.45, 2.75) is 31.8 Å². The van der Waals surface area contributed by atoms with Gasteiger partial charge in [0.2, 0.25) is 5.91 Å². The fraction of sp³-hybridized carbons (Fsp3) is 0.529. The van der Waals surface area contributed by atoms with Gasteiger partial charge in [0.05, 0.1) is 18.2 Å². The van der Waals surface area contributed by atoms with E-state index >= 15 is 0 Å². The quantitative estimate of drug-likeness (QED) is 0.719. The van der Waals surface area contributed by atoms with Gasteiger partial charge >= 0.3 is 0 Å². The van der Waals surface area contributed by atoms with Crippen LogP contribution in [-0.2, 0) is 16.0 Å². The first-order valence-corrected chi connectivity index (χ1v) is 8.68. The predicted molar refractivity (Wildman–Crippen MR) is 99.3 cm³/mol. The molecule has 0 saturated carbocycles. The number of nitrogens with two attached hydrogens (primary N) is 1. The second kappa shape index (κ2) is 10.2. The fourth-order valence-electron chi connectivity index (χ4n) is 2.94. The normalized spacial score (nSPS) is 14.9. The Balaban J connectivity index is 0.00000243. The maximum Gasteiger partial charge on any atom is 0.226 e. The molecule has 26 heavy (non-hydrogen) atoms. The summed E-state index contributed by atoms with van der Waals surface area (Å²) in [5, 5.41) is 11.1. The van der Waals surface area contributed by atoms with Crippen LogP contribution in [0.3, 0.4) is 0 Å². The average Bonchev–Trinajstić information content (AvgIpc) is 3.18. The molecule has 0 aliphatic carbocycles. The molecule has 3 rings (SSSR count). The summed E-state index contributed by atoms with van der Waals surface area (Å²) in [5.41, 5.74) is 7.33. The molecule has 0 spiro atoms. The van der Waals surface area contributed by atoms with Gasteiger partial charge in [-0.1, -0.05) is 12.1 Å². The second-order valence-electron chi connectivity index (χ2n) is 6.19. The third-order valence-corrected chi connectivity index (χ3v) is 4.40. The first kappa shape index (κ1) is 20.3. The predicted octanol–water partition coefficient (Wildman–Crippen LogP) is 0.983. The van der Waals surface area contributed by atoms with Gasteiger partial charge < -0.3 is 15.4 Å².